The Kier molecular flexibility index (Phi) is 7.16. The van der Waals surface area contributed by atoms with Crippen molar-refractivity contribution in [2.45, 2.75) is 32.4 Å². The van der Waals surface area contributed by atoms with E-state index in [9.17, 15) is 19.2 Å². The molecule has 0 aromatic rings. The molecule has 0 aromatic carbocycles. The van der Waals surface area contributed by atoms with Crippen LogP contribution in [0.4, 0.5) is 0 Å². The van der Waals surface area contributed by atoms with E-state index >= 15 is 0 Å². The van der Waals surface area contributed by atoms with E-state index in [1.807, 2.05) is 34.9 Å². The number of amides is 4. The number of hydrogen-bond donors (Lipinski definition) is 0. The minimum absolute atomic E-state index is 0.0472. The highest BCUT2D eigenvalue weighted by molar-refractivity contribution is 7.95. The zero-order valence-corrected chi connectivity index (χ0v) is 15.8. The van der Waals surface area contributed by atoms with Gasteiger partial charge < -0.3 is 0 Å². The Balaban J connectivity index is 0.00000139. The van der Waals surface area contributed by atoms with Crippen LogP contribution in [0, 0.1) is 0 Å². The van der Waals surface area contributed by atoms with Gasteiger partial charge in [0.05, 0.1) is 39.0 Å². The molecule has 134 valence electrons. The van der Waals surface area contributed by atoms with Gasteiger partial charge in [0.2, 0.25) is 11.8 Å². The molecular formula is C16H26N3O4S+. The molecule has 8 heteroatoms. The topological polar surface area (TPSA) is 74.8 Å². The molecule has 0 radical (unpaired) electrons. The summed E-state index contributed by atoms with van der Waals surface area (Å²) in [7, 11) is 3.97. The summed E-state index contributed by atoms with van der Waals surface area (Å²) in [6.45, 7) is 6.97. The van der Waals surface area contributed by atoms with Crippen molar-refractivity contribution in [1.82, 2.24) is 9.80 Å². The SMILES string of the molecule is CC.CC[N+](C)(C)SC1CC(=O)N(CCN2C(=O)C=CC2=O)C1=O. The van der Waals surface area contributed by atoms with Crippen molar-refractivity contribution in [3.05, 3.63) is 12.2 Å². The third-order valence-corrected chi connectivity index (χ3v) is 5.28. The Labute approximate surface area is 147 Å². The van der Waals surface area contributed by atoms with Crippen LogP contribution in [0.3, 0.4) is 0 Å². The Hall–Kier alpha value is -1.67. The molecule has 2 rings (SSSR count). The van der Waals surface area contributed by atoms with Gasteiger partial charge in [0.1, 0.15) is 5.25 Å². The van der Waals surface area contributed by atoms with E-state index < -0.39 is 17.1 Å². The molecule has 1 saturated heterocycles. The summed E-state index contributed by atoms with van der Waals surface area (Å²) >= 11 is 1.45. The fourth-order valence-electron chi connectivity index (χ4n) is 2.24. The highest BCUT2D eigenvalue weighted by Crippen LogP contribution is 2.30. The van der Waals surface area contributed by atoms with Crippen LogP contribution in [0.15, 0.2) is 12.2 Å². The van der Waals surface area contributed by atoms with Crippen LogP contribution in [-0.2, 0) is 19.2 Å². The summed E-state index contributed by atoms with van der Waals surface area (Å²) < 4.78 is 0.588. The van der Waals surface area contributed by atoms with Gasteiger partial charge in [-0.05, 0) is 6.92 Å². The molecule has 0 aliphatic carbocycles. The quantitative estimate of drug-likeness (QED) is 0.400. The van der Waals surface area contributed by atoms with Crippen LogP contribution >= 0.6 is 11.9 Å². The van der Waals surface area contributed by atoms with Crippen LogP contribution in [0.5, 0.6) is 0 Å². The van der Waals surface area contributed by atoms with Gasteiger partial charge >= 0.3 is 0 Å². The number of likely N-dealkylation sites (tertiary alicyclic amines) is 1. The molecule has 0 aromatic heterocycles. The Morgan fingerprint density at radius 2 is 1.54 bits per heavy atom. The van der Waals surface area contributed by atoms with Crippen LogP contribution < -0.4 is 0 Å². The van der Waals surface area contributed by atoms with Gasteiger partial charge in [-0.2, -0.15) is 0 Å². The van der Waals surface area contributed by atoms with Crippen LogP contribution in [0.1, 0.15) is 27.2 Å². The Morgan fingerprint density at radius 1 is 1.04 bits per heavy atom. The lowest BCUT2D eigenvalue weighted by Gasteiger charge is -2.27. The average molecular weight is 356 g/mol. The van der Waals surface area contributed by atoms with Crippen molar-refractivity contribution in [2.24, 2.45) is 0 Å². The molecule has 1 atom stereocenters. The van der Waals surface area contributed by atoms with Crippen LogP contribution in [0.25, 0.3) is 0 Å². The summed E-state index contributed by atoms with van der Waals surface area (Å²) in [5.74, 6) is -1.29. The first-order chi connectivity index (χ1) is 11.2. The highest BCUT2D eigenvalue weighted by atomic mass is 32.2. The lowest BCUT2D eigenvalue weighted by molar-refractivity contribution is -0.748. The number of rotatable bonds is 6. The van der Waals surface area contributed by atoms with Gasteiger partial charge in [-0.15, -0.1) is 0 Å². The van der Waals surface area contributed by atoms with Crippen molar-refractivity contribution >= 4 is 35.6 Å². The van der Waals surface area contributed by atoms with Gasteiger partial charge in [-0.3, -0.25) is 32.9 Å². The van der Waals surface area contributed by atoms with E-state index in [4.69, 9.17) is 0 Å². The second-order valence-electron chi connectivity index (χ2n) is 5.73. The number of carbonyl (C=O) groups is 4. The first-order valence-electron chi connectivity index (χ1n) is 8.14. The lowest BCUT2D eigenvalue weighted by Crippen LogP contribution is -2.42. The molecule has 7 nitrogen and oxygen atoms in total. The molecule has 2 aliphatic rings. The van der Waals surface area contributed by atoms with E-state index in [2.05, 4.69) is 0 Å². The fraction of sp³-hybridized carbons (Fsp3) is 0.625. The predicted molar refractivity (Wildman–Crippen MR) is 92.6 cm³/mol. The summed E-state index contributed by atoms with van der Waals surface area (Å²) in [6.07, 6.45) is 2.55. The first-order valence-corrected chi connectivity index (χ1v) is 8.98. The second kappa shape index (κ2) is 8.43. The summed E-state index contributed by atoms with van der Waals surface area (Å²) in [4.78, 5) is 49.5. The zero-order valence-electron chi connectivity index (χ0n) is 14.9. The van der Waals surface area contributed by atoms with Gasteiger partial charge in [0, 0.05) is 25.2 Å². The standard InChI is InChI=1S/C14H20N3O4S.C2H6/c1-4-17(2,3)22-10-9-13(20)16(14(10)21)8-7-15-11(18)5-6-12(15)19;1-2/h5-6,10H,4,7-9H2,1-3H3;1-2H3/q+1;. The third kappa shape index (κ3) is 4.67. The summed E-state index contributed by atoms with van der Waals surface area (Å²) in [5.41, 5.74) is 0. The molecule has 0 spiro atoms. The number of nitrogens with zero attached hydrogens (tertiary/aromatic N) is 3. The van der Waals surface area contributed by atoms with E-state index in [0.29, 0.717) is 3.89 Å². The largest absolute Gasteiger partial charge is 0.280 e. The summed E-state index contributed by atoms with van der Waals surface area (Å²) in [5, 5.41) is -0.398. The maximum absolute atomic E-state index is 12.3. The van der Waals surface area contributed by atoms with Gasteiger partial charge in [-0.25, -0.2) is 0 Å². The number of quaternary nitrogens is 1. The summed E-state index contributed by atoms with van der Waals surface area (Å²) in [6, 6.07) is 0. The fourth-order valence-corrected chi connectivity index (χ4v) is 3.51. The normalized spacial score (nSPS) is 20.8. The third-order valence-electron chi connectivity index (χ3n) is 3.82. The lowest BCUT2D eigenvalue weighted by atomic mass is 10.4. The van der Waals surface area contributed by atoms with Crippen molar-refractivity contribution in [3.8, 4) is 0 Å². The minimum Gasteiger partial charge on any atom is -0.280 e. The maximum Gasteiger partial charge on any atom is 0.253 e. The smallest absolute Gasteiger partial charge is 0.253 e. The Morgan fingerprint density at radius 3 is 2.04 bits per heavy atom. The first kappa shape index (κ1) is 20.4. The van der Waals surface area contributed by atoms with E-state index in [-0.39, 0.29) is 31.3 Å². The molecule has 4 amide bonds. The molecule has 1 unspecified atom stereocenters. The molecule has 24 heavy (non-hydrogen) atoms. The minimum atomic E-state index is -0.404. The maximum atomic E-state index is 12.3. The van der Waals surface area contributed by atoms with Crippen molar-refractivity contribution in [2.75, 3.05) is 33.7 Å². The van der Waals surface area contributed by atoms with Crippen LogP contribution in [-0.4, -0.2) is 76.3 Å². The molecule has 2 aliphatic heterocycles. The van der Waals surface area contributed by atoms with Crippen LogP contribution in [0.2, 0.25) is 0 Å². The van der Waals surface area contributed by atoms with E-state index in [1.54, 1.807) is 0 Å². The Bertz CT molecular complexity index is 542. The van der Waals surface area contributed by atoms with E-state index in [0.717, 1.165) is 16.3 Å². The highest BCUT2D eigenvalue weighted by Gasteiger charge is 2.43. The number of carbonyl (C=O) groups excluding carboxylic acids is 4. The molecule has 2 heterocycles. The zero-order chi connectivity index (χ0) is 18.5. The second-order valence-corrected chi connectivity index (χ2v) is 7.50. The molecule has 0 saturated carbocycles. The van der Waals surface area contributed by atoms with Crippen molar-refractivity contribution in [3.63, 3.8) is 0 Å². The average Bonchev–Trinajstić information content (AvgIpc) is 3.00. The van der Waals surface area contributed by atoms with Gasteiger partial charge in [-0.1, -0.05) is 13.8 Å². The van der Waals surface area contributed by atoms with Crippen molar-refractivity contribution < 1.29 is 23.1 Å². The molecule has 0 bridgehead atoms. The predicted octanol–water partition coefficient (Wildman–Crippen LogP) is 0.810. The number of imide groups is 2. The monoisotopic (exact) mass is 356 g/mol. The molecule has 1 fully saturated rings. The van der Waals surface area contributed by atoms with E-state index in [1.165, 1.54) is 24.1 Å². The number of hydrogen-bond acceptors (Lipinski definition) is 5. The van der Waals surface area contributed by atoms with Gasteiger partial charge in [0.15, 0.2) is 0 Å². The molecule has 0 N–H and O–H groups in total. The molecular weight excluding hydrogens is 330 g/mol. The van der Waals surface area contributed by atoms with Gasteiger partial charge in [0.25, 0.3) is 11.8 Å². The van der Waals surface area contributed by atoms with Crippen molar-refractivity contribution in [1.29, 1.82) is 0 Å².